The number of benzene rings is 1. The zero-order valence-electron chi connectivity index (χ0n) is 17.4. The Labute approximate surface area is 167 Å². The van der Waals surface area contributed by atoms with E-state index in [1.54, 1.807) is 24.3 Å². The van der Waals surface area contributed by atoms with E-state index in [-0.39, 0.29) is 17.3 Å². The van der Waals surface area contributed by atoms with E-state index in [1.165, 1.54) is 19.9 Å². The predicted octanol–water partition coefficient (Wildman–Crippen LogP) is 4.32. The van der Waals surface area contributed by atoms with Gasteiger partial charge in [0, 0.05) is 23.8 Å². The van der Waals surface area contributed by atoms with Crippen LogP contribution in [0.4, 0.5) is 0 Å². The molecule has 0 aliphatic rings. The van der Waals surface area contributed by atoms with Crippen molar-refractivity contribution >= 4 is 17.3 Å². The average molecular weight is 389 g/mol. The molecule has 0 bridgehead atoms. The van der Waals surface area contributed by atoms with Gasteiger partial charge in [-0.05, 0) is 63.5 Å². The number of allylic oxidation sites excluding steroid dienone is 1. The number of ketones is 3. The van der Waals surface area contributed by atoms with Crippen molar-refractivity contribution in [1.29, 1.82) is 0 Å². The van der Waals surface area contributed by atoms with Crippen LogP contribution in [0.5, 0.6) is 5.75 Å². The number of carbonyl (C=O) groups excluding carboxylic acids is 3. The van der Waals surface area contributed by atoms with E-state index in [2.05, 4.69) is 6.58 Å². The van der Waals surface area contributed by atoms with Crippen LogP contribution in [0.25, 0.3) is 0 Å². The third kappa shape index (κ3) is 7.77. The molecule has 154 valence electrons. The molecule has 5 nitrogen and oxygen atoms in total. The van der Waals surface area contributed by atoms with E-state index in [4.69, 9.17) is 4.74 Å². The van der Waals surface area contributed by atoms with Crippen LogP contribution in [0.1, 0.15) is 70.2 Å². The second-order valence-electron chi connectivity index (χ2n) is 8.20. The summed E-state index contributed by atoms with van der Waals surface area (Å²) in [6.07, 6.45) is 4.08. The van der Waals surface area contributed by atoms with E-state index < -0.39 is 11.0 Å². The number of hydrogen-bond donors (Lipinski definition) is 1. The molecule has 0 saturated heterocycles. The van der Waals surface area contributed by atoms with Crippen molar-refractivity contribution in [2.45, 2.75) is 65.4 Å². The van der Waals surface area contributed by atoms with Crippen molar-refractivity contribution in [2.24, 2.45) is 5.41 Å². The highest BCUT2D eigenvalue weighted by atomic mass is 16.5. The summed E-state index contributed by atoms with van der Waals surface area (Å²) in [5.41, 5.74) is -1.48. The van der Waals surface area contributed by atoms with Crippen molar-refractivity contribution in [3.05, 3.63) is 42.5 Å². The number of hydrogen-bond acceptors (Lipinski definition) is 5. The Morgan fingerprint density at radius 1 is 1.04 bits per heavy atom. The molecule has 1 aromatic carbocycles. The quantitative estimate of drug-likeness (QED) is 0.309. The highest BCUT2D eigenvalue weighted by molar-refractivity contribution is 6.01. The second-order valence-corrected chi connectivity index (χ2v) is 8.20. The van der Waals surface area contributed by atoms with Crippen LogP contribution in [0.2, 0.25) is 0 Å². The highest BCUT2D eigenvalue weighted by Crippen LogP contribution is 2.26. The molecule has 28 heavy (non-hydrogen) atoms. The lowest BCUT2D eigenvalue weighted by Gasteiger charge is -2.22. The molecule has 0 spiro atoms. The topological polar surface area (TPSA) is 80.7 Å². The van der Waals surface area contributed by atoms with Gasteiger partial charge in [0.15, 0.2) is 11.6 Å². The number of Topliss-reactive ketones (excluding diaryl/α,β-unsaturated/α-hetero) is 2. The molecule has 0 atom stereocenters. The van der Waals surface area contributed by atoms with Gasteiger partial charge in [0.1, 0.15) is 17.1 Å². The zero-order valence-corrected chi connectivity index (χ0v) is 17.4. The third-order valence-corrected chi connectivity index (χ3v) is 4.72. The molecular formula is C23H32O5. The molecule has 0 fully saturated rings. The summed E-state index contributed by atoms with van der Waals surface area (Å²) in [7, 11) is 0. The molecule has 0 unspecified atom stereocenters. The van der Waals surface area contributed by atoms with Crippen LogP contribution in [-0.4, -0.2) is 34.7 Å². The summed E-state index contributed by atoms with van der Waals surface area (Å²) in [5, 5.41) is 9.76. The van der Waals surface area contributed by atoms with E-state index in [0.717, 1.165) is 6.42 Å². The minimum atomic E-state index is -1.40. The predicted molar refractivity (Wildman–Crippen MR) is 110 cm³/mol. The molecule has 0 saturated carbocycles. The Morgan fingerprint density at radius 2 is 1.64 bits per heavy atom. The summed E-state index contributed by atoms with van der Waals surface area (Å²) in [6.45, 7) is 10.6. The first-order valence-electron chi connectivity index (χ1n) is 9.66. The van der Waals surface area contributed by atoms with Gasteiger partial charge in [-0.2, -0.15) is 0 Å². The first-order valence-corrected chi connectivity index (χ1v) is 9.66. The first-order chi connectivity index (χ1) is 13.0. The van der Waals surface area contributed by atoms with Gasteiger partial charge in [0.05, 0.1) is 6.61 Å². The van der Waals surface area contributed by atoms with Crippen molar-refractivity contribution < 1.29 is 24.2 Å². The largest absolute Gasteiger partial charge is 0.494 e. The number of ether oxygens (including phenoxy) is 1. The van der Waals surface area contributed by atoms with E-state index in [9.17, 15) is 19.5 Å². The highest BCUT2D eigenvalue weighted by Gasteiger charge is 2.27. The fraction of sp³-hybridized carbons (Fsp3) is 0.522. The Morgan fingerprint density at radius 3 is 2.18 bits per heavy atom. The maximum atomic E-state index is 12.4. The first kappa shape index (κ1) is 23.8. The summed E-state index contributed by atoms with van der Waals surface area (Å²) in [5.74, 6) is 0.417. The Balaban J connectivity index is 2.35. The van der Waals surface area contributed by atoms with Crippen LogP contribution in [-0.2, 0) is 9.59 Å². The SMILES string of the molecule is C=CC(=O)CCC(C)(C)C(=O)CCCCOc1ccc(C(=O)C(C)(C)O)cc1. The van der Waals surface area contributed by atoms with Gasteiger partial charge in [-0.25, -0.2) is 0 Å². The minimum absolute atomic E-state index is 0.0375. The lowest BCUT2D eigenvalue weighted by atomic mass is 9.81. The van der Waals surface area contributed by atoms with Crippen LogP contribution in [0.15, 0.2) is 36.9 Å². The van der Waals surface area contributed by atoms with Gasteiger partial charge in [-0.3, -0.25) is 14.4 Å². The van der Waals surface area contributed by atoms with Crippen LogP contribution in [0, 0.1) is 5.41 Å². The number of aliphatic hydroxyl groups is 1. The monoisotopic (exact) mass is 388 g/mol. The van der Waals surface area contributed by atoms with E-state index in [0.29, 0.717) is 43.6 Å². The number of unbranched alkanes of at least 4 members (excludes halogenated alkanes) is 1. The molecule has 0 aliphatic carbocycles. The zero-order chi connectivity index (χ0) is 21.4. The van der Waals surface area contributed by atoms with Crippen LogP contribution in [0.3, 0.4) is 0 Å². The number of carbonyl (C=O) groups is 3. The molecule has 1 aromatic rings. The Bertz CT molecular complexity index is 693. The summed E-state index contributed by atoms with van der Waals surface area (Å²) < 4.78 is 5.65. The van der Waals surface area contributed by atoms with Crippen LogP contribution < -0.4 is 4.74 Å². The van der Waals surface area contributed by atoms with Gasteiger partial charge >= 0.3 is 0 Å². The smallest absolute Gasteiger partial charge is 0.193 e. The van der Waals surface area contributed by atoms with Gasteiger partial charge < -0.3 is 9.84 Å². The van der Waals surface area contributed by atoms with Gasteiger partial charge in [0.2, 0.25) is 0 Å². The van der Waals surface area contributed by atoms with Gasteiger partial charge in [0.25, 0.3) is 0 Å². The van der Waals surface area contributed by atoms with Crippen molar-refractivity contribution in [1.82, 2.24) is 0 Å². The van der Waals surface area contributed by atoms with Gasteiger partial charge in [-0.15, -0.1) is 0 Å². The lowest BCUT2D eigenvalue weighted by Crippen LogP contribution is -2.30. The molecule has 5 heteroatoms. The average Bonchev–Trinajstić information content (AvgIpc) is 2.64. The molecule has 0 aromatic heterocycles. The van der Waals surface area contributed by atoms with Gasteiger partial charge in [-0.1, -0.05) is 20.4 Å². The molecule has 1 rings (SSSR count). The molecule has 0 heterocycles. The molecule has 0 radical (unpaired) electrons. The molecule has 0 amide bonds. The standard InChI is InChI=1S/C23H32O5/c1-6-18(24)14-15-22(2,3)20(25)9-7-8-16-28-19-12-10-17(11-13-19)21(26)23(4,5)27/h6,10-13,27H,1,7-9,14-16H2,2-5H3. The fourth-order valence-electron chi connectivity index (χ4n) is 2.65. The van der Waals surface area contributed by atoms with Crippen molar-refractivity contribution in [3.8, 4) is 5.75 Å². The maximum absolute atomic E-state index is 12.4. The second kappa shape index (κ2) is 10.3. The molecule has 1 N–H and O–H groups in total. The van der Waals surface area contributed by atoms with Crippen LogP contribution >= 0.6 is 0 Å². The Kier molecular flexibility index (Phi) is 8.76. The summed E-state index contributed by atoms with van der Waals surface area (Å²) in [4.78, 5) is 35.7. The normalized spacial score (nSPS) is 11.8. The summed E-state index contributed by atoms with van der Waals surface area (Å²) >= 11 is 0. The number of rotatable bonds is 13. The molecule has 0 aliphatic heterocycles. The minimum Gasteiger partial charge on any atom is -0.494 e. The van der Waals surface area contributed by atoms with Crippen molar-refractivity contribution in [2.75, 3.05) is 6.61 Å². The Hall–Kier alpha value is -2.27. The van der Waals surface area contributed by atoms with E-state index in [1.807, 2.05) is 13.8 Å². The maximum Gasteiger partial charge on any atom is 0.193 e. The molecular weight excluding hydrogens is 356 g/mol. The van der Waals surface area contributed by atoms with E-state index >= 15 is 0 Å². The third-order valence-electron chi connectivity index (χ3n) is 4.72. The lowest BCUT2D eigenvalue weighted by molar-refractivity contribution is -0.128. The van der Waals surface area contributed by atoms with Crippen molar-refractivity contribution in [3.63, 3.8) is 0 Å². The fourth-order valence-corrected chi connectivity index (χ4v) is 2.65. The summed E-state index contributed by atoms with van der Waals surface area (Å²) in [6, 6.07) is 6.66.